The number of nitrogens with two attached hydrogens (primary N) is 1. The number of ether oxygens (including phenoxy) is 1. The quantitative estimate of drug-likeness (QED) is 0.843. The van der Waals surface area contributed by atoms with Crippen LogP contribution < -0.4 is 5.73 Å². The molecule has 2 rings (SSSR count). The third-order valence-electron chi connectivity index (χ3n) is 3.79. The molecule has 0 amide bonds. The summed E-state index contributed by atoms with van der Waals surface area (Å²) >= 11 is 0. The highest BCUT2D eigenvalue weighted by molar-refractivity contribution is 5.85. The summed E-state index contributed by atoms with van der Waals surface area (Å²) in [6, 6.07) is 0.778. The molecule has 2 aliphatic rings. The van der Waals surface area contributed by atoms with Gasteiger partial charge in [0.2, 0.25) is 0 Å². The maximum Gasteiger partial charge on any atom is 0.0674 e. The Morgan fingerprint density at radius 3 is 2.39 bits per heavy atom. The molecule has 0 bridgehead atoms. The molecule has 2 heterocycles. The fourth-order valence-corrected chi connectivity index (χ4v) is 2.87. The van der Waals surface area contributed by atoms with Gasteiger partial charge in [0.05, 0.1) is 12.7 Å². The summed E-state index contributed by atoms with van der Waals surface area (Å²) in [4.78, 5) is 5.11. The molecule has 2 fully saturated rings. The van der Waals surface area contributed by atoms with Crippen LogP contribution in [0.5, 0.6) is 0 Å². The largest absolute Gasteiger partial charge is 0.376 e. The first-order valence-electron chi connectivity index (χ1n) is 6.57. The lowest BCUT2D eigenvalue weighted by atomic mass is 10.0. The van der Waals surface area contributed by atoms with Crippen molar-refractivity contribution in [1.82, 2.24) is 9.80 Å². The lowest BCUT2D eigenvalue weighted by Crippen LogP contribution is -2.51. The average Bonchev–Trinajstić information content (AvgIpc) is 2.30. The van der Waals surface area contributed by atoms with E-state index in [0.717, 1.165) is 38.8 Å². The number of nitrogens with zero attached hydrogens (tertiary/aromatic N) is 2. The maximum absolute atomic E-state index is 5.59. The van der Waals surface area contributed by atoms with E-state index in [9.17, 15) is 0 Å². The van der Waals surface area contributed by atoms with Gasteiger partial charge in [0.25, 0.3) is 0 Å². The van der Waals surface area contributed by atoms with Crippen LogP contribution in [0.3, 0.4) is 0 Å². The Morgan fingerprint density at radius 2 is 1.83 bits per heavy atom. The predicted octanol–water partition coefficient (Wildman–Crippen LogP) is 0.974. The second kappa shape index (κ2) is 9.34. The molecule has 110 valence electrons. The summed E-state index contributed by atoms with van der Waals surface area (Å²) in [6.07, 6.45) is 3.01. The molecular formula is C12H27Cl2N3O. The molecule has 2 saturated heterocycles. The Hall–Kier alpha value is 0.420. The fraction of sp³-hybridized carbons (Fsp3) is 1.00. The molecule has 6 heteroatoms. The monoisotopic (exact) mass is 299 g/mol. The highest BCUT2D eigenvalue weighted by Gasteiger charge is 2.27. The molecule has 0 aliphatic carbocycles. The van der Waals surface area contributed by atoms with E-state index in [2.05, 4.69) is 16.7 Å². The minimum absolute atomic E-state index is 0. The van der Waals surface area contributed by atoms with Crippen LogP contribution in [-0.4, -0.2) is 67.8 Å². The Morgan fingerprint density at radius 1 is 1.17 bits per heavy atom. The number of hydrogen-bond acceptors (Lipinski definition) is 4. The average molecular weight is 300 g/mol. The number of piperidine rings is 1. The molecule has 18 heavy (non-hydrogen) atoms. The van der Waals surface area contributed by atoms with E-state index in [0.29, 0.717) is 6.10 Å². The number of hydrogen-bond donors (Lipinski definition) is 1. The molecule has 0 spiro atoms. The van der Waals surface area contributed by atoms with Crippen molar-refractivity contribution in [2.24, 2.45) is 5.73 Å². The van der Waals surface area contributed by atoms with E-state index in [4.69, 9.17) is 10.5 Å². The van der Waals surface area contributed by atoms with Gasteiger partial charge in [0, 0.05) is 32.2 Å². The lowest BCUT2D eigenvalue weighted by Gasteiger charge is -2.41. The van der Waals surface area contributed by atoms with Crippen molar-refractivity contribution >= 4 is 24.8 Å². The molecule has 0 aromatic heterocycles. The number of halogens is 2. The highest BCUT2D eigenvalue weighted by atomic mass is 35.5. The van der Waals surface area contributed by atoms with Crippen LogP contribution in [0, 0.1) is 0 Å². The van der Waals surface area contributed by atoms with Gasteiger partial charge in [-0.1, -0.05) is 0 Å². The van der Waals surface area contributed by atoms with E-state index in [1.54, 1.807) is 0 Å². The number of likely N-dealkylation sites (tertiary alicyclic amines) is 1. The molecule has 0 saturated carbocycles. The minimum Gasteiger partial charge on any atom is -0.376 e. The van der Waals surface area contributed by atoms with Crippen molar-refractivity contribution in [2.45, 2.75) is 31.9 Å². The first-order valence-corrected chi connectivity index (χ1v) is 6.57. The van der Waals surface area contributed by atoms with Gasteiger partial charge in [-0.2, -0.15) is 0 Å². The van der Waals surface area contributed by atoms with E-state index >= 15 is 0 Å². The summed E-state index contributed by atoms with van der Waals surface area (Å²) in [5.41, 5.74) is 5.59. The zero-order valence-corrected chi connectivity index (χ0v) is 12.8. The Labute approximate surface area is 123 Å². The second-order valence-corrected chi connectivity index (χ2v) is 5.04. The smallest absolute Gasteiger partial charge is 0.0674 e. The third kappa shape index (κ3) is 5.19. The van der Waals surface area contributed by atoms with E-state index in [-0.39, 0.29) is 24.8 Å². The summed E-state index contributed by atoms with van der Waals surface area (Å²) < 4.78 is 5.59. The van der Waals surface area contributed by atoms with Gasteiger partial charge in [-0.25, -0.2) is 0 Å². The van der Waals surface area contributed by atoms with Crippen molar-refractivity contribution in [3.8, 4) is 0 Å². The van der Waals surface area contributed by atoms with Gasteiger partial charge < -0.3 is 15.4 Å². The van der Waals surface area contributed by atoms with Crippen molar-refractivity contribution in [3.63, 3.8) is 0 Å². The maximum atomic E-state index is 5.59. The molecule has 2 aliphatic heterocycles. The van der Waals surface area contributed by atoms with Gasteiger partial charge >= 0.3 is 0 Å². The van der Waals surface area contributed by atoms with Crippen LogP contribution in [0.15, 0.2) is 0 Å². The van der Waals surface area contributed by atoms with Gasteiger partial charge in [-0.15, -0.1) is 24.8 Å². The molecule has 0 aromatic rings. The van der Waals surface area contributed by atoms with Crippen LogP contribution in [0.2, 0.25) is 0 Å². The van der Waals surface area contributed by atoms with Crippen LogP contribution in [-0.2, 0) is 4.74 Å². The van der Waals surface area contributed by atoms with Crippen molar-refractivity contribution in [1.29, 1.82) is 0 Å². The molecule has 2 N–H and O–H groups in total. The summed E-state index contributed by atoms with van der Waals surface area (Å²) in [5.74, 6) is 0. The normalized spacial score (nSPS) is 27.3. The highest BCUT2D eigenvalue weighted by Crippen LogP contribution is 2.18. The van der Waals surface area contributed by atoms with Crippen molar-refractivity contribution < 1.29 is 4.74 Å². The zero-order chi connectivity index (χ0) is 11.4. The molecule has 1 atom stereocenters. The predicted molar refractivity (Wildman–Crippen MR) is 80.0 cm³/mol. The fourth-order valence-electron chi connectivity index (χ4n) is 2.87. The first-order chi connectivity index (χ1) is 7.79. The molecule has 0 radical (unpaired) electrons. The van der Waals surface area contributed by atoms with Crippen molar-refractivity contribution in [2.75, 3.05) is 45.9 Å². The Balaban J connectivity index is 0.00000144. The van der Waals surface area contributed by atoms with Crippen LogP contribution in [0.4, 0.5) is 0 Å². The second-order valence-electron chi connectivity index (χ2n) is 5.04. The number of rotatable bonds is 3. The molecule has 4 nitrogen and oxygen atoms in total. The Kier molecular flexibility index (Phi) is 9.56. The number of morpholine rings is 1. The third-order valence-corrected chi connectivity index (χ3v) is 3.79. The van der Waals surface area contributed by atoms with Crippen LogP contribution in [0.1, 0.15) is 19.8 Å². The summed E-state index contributed by atoms with van der Waals surface area (Å²) in [5, 5.41) is 0. The molecule has 1 unspecified atom stereocenters. The van der Waals surface area contributed by atoms with Gasteiger partial charge in [0.1, 0.15) is 0 Å². The molecule has 0 aromatic carbocycles. The summed E-state index contributed by atoms with van der Waals surface area (Å²) in [6.45, 7) is 9.60. The standard InChI is InChI=1S/C12H25N3O.2ClH/c1-11-10-15(8-9-16-11)12-2-5-14(6-3-12)7-4-13;;/h11-12H,2-10,13H2,1H3;2*1H. The SMILES string of the molecule is CC1CN(C2CCN(CCN)CC2)CCO1.Cl.Cl. The van der Waals surface area contributed by atoms with Gasteiger partial charge in [0.15, 0.2) is 0 Å². The zero-order valence-electron chi connectivity index (χ0n) is 11.2. The topological polar surface area (TPSA) is 41.7 Å². The minimum atomic E-state index is 0. The van der Waals surface area contributed by atoms with Gasteiger partial charge in [-0.05, 0) is 32.9 Å². The lowest BCUT2D eigenvalue weighted by molar-refractivity contribution is -0.0432. The van der Waals surface area contributed by atoms with E-state index in [1.165, 1.54) is 25.9 Å². The Bertz CT molecular complexity index is 213. The van der Waals surface area contributed by atoms with Crippen molar-refractivity contribution in [3.05, 3.63) is 0 Å². The first kappa shape index (κ1) is 18.4. The van der Waals surface area contributed by atoms with Crippen LogP contribution in [0.25, 0.3) is 0 Å². The van der Waals surface area contributed by atoms with E-state index in [1.807, 2.05) is 0 Å². The van der Waals surface area contributed by atoms with E-state index < -0.39 is 0 Å². The summed E-state index contributed by atoms with van der Waals surface area (Å²) in [7, 11) is 0. The van der Waals surface area contributed by atoms with Gasteiger partial charge in [-0.3, -0.25) is 4.90 Å². The van der Waals surface area contributed by atoms with Crippen LogP contribution >= 0.6 is 24.8 Å². The molecular weight excluding hydrogens is 273 g/mol.